The number of carbonyl (C=O) groups is 1. The van der Waals surface area contributed by atoms with Crippen molar-refractivity contribution in [2.24, 2.45) is 0 Å². The number of anilines is 3. The summed E-state index contributed by atoms with van der Waals surface area (Å²) < 4.78 is 26.2. The molecule has 5 N–H and O–H groups in total. The molecule has 5 rings (SSSR count). The molecule has 9 nitrogen and oxygen atoms in total. The van der Waals surface area contributed by atoms with Crippen LogP contribution in [0.15, 0.2) is 24.5 Å². The molecule has 1 unspecified atom stereocenters. The highest BCUT2D eigenvalue weighted by Gasteiger charge is 2.26. The highest BCUT2D eigenvalue weighted by Crippen LogP contribution is 2.39. The van der Waals surface area contributed by atoms with E-state index in [1.54, 1.807) is 25.4 Å². The SMILES string of the molecule is CO[C@H]1CCC(NC(=O)Nc2cc3cc(-c4cnc5c(c4C)NCCO5)c(F)c(N)c3cn2)C1. The molecule has 2 aromatic heterocycles. The number of amides is 2. The molecule has 1 aliphatic carbocycles. The van der Waals surface area contributed by atoms with Crippen LogP contribution in [0.4, 0.5) is 26.4 Å². The van der Waals surface area contributed by atoms with Crippen molar-refractivity contribution in [3.05, 3.63) is 35.9 Å². The minimum absolute atomic E-state index is 0.00565. The van der Waals surface area contributed by atoms with Crippen LogP contribution in [0, 0.1) is 12.7 Å². The maximum Gasteiger partial charge on any atom is 0.320 e. The van der Waals surface area contributed by atoms with E-state index in [-0.39, 0.29) is 23.9 Å². The van der Waals surface area contributed by atoms with Gasteiger partial charge >= 0.3 is 6.03 Å². The average Bonchev–Trinajstić information content (AvgIpc) is 3.29. The third-order valence-corrected chi connectivity index (χ3v) is 6.53. The first-order valence-electron chi connectivity index (χ1n) is 11.3. The van der Waals surface area contributed by atoms with Gasteiger partial charge in [0.25, 0.3) is 0 Å². The lowest BCUT2D eigenvalue weighted by molar-refractivity contribution is 0.107. The quantitative estimate of drug-likeness (QED) is 0.431. The Morgan fingerprint density at radius 3 is 2.91 bits per heavy atom. The number of halogens is 1. The minimum atomic E-state index is -0.539. The van der Waals surface area contributed by atoms with Gasteiger partial charge in [-0.2, -0.15) is 0 Å². The second-order valence-corrected chi connectivity index (χ2v) is 8.66. The molecule has 3 heterocycles. The van der Waals surface area contributed by atoms with Crippen LogP contribution in [-0.2, 0) is 4.74 Å². The van der Waals surface area contributed by atoms with E-state index in [1.807, 2.05) is 6.92 Å². The monoisotopic (exact) mass is 466 g/mol. The molecule has 2 amide bonds. The lowest BCUT2D eigenvalue weighted by Crippen LogP contribution is -2.36. The second kappa shape index (κ2) is 8.94. The van der Waals surface area contributed by atoms with Crippen molar-refractivity contribution in [2.75, 3.05) is 36.6 Å². The summed E-state index contributed by atoms with van der Waals surface area (Å²) in [6, 6.07) is 3.10. The summed E-state index contributed by atoms with van der Waals surface area (Å²) in [4.78, 5) is 21.1. The maximum absolute atomic E-state index is 15.3. The standard InChI is InChI=1S/C24H27FN6O3/c1-12-17(10-29-23-22(12)27-5-6-34-23)16-7-13-8-19(28-11-18(13)21(26)20(16)25)31-24(32)30-14-3-4-15(9-14)33-2/h7-8,10-11,14-15,27H,3-6,9,26H2,1-2H3,(H2,28,30,31,32)/t14?,15-/m0/s1. The van der Waals surface area contributed by atoms with Gasteiger partial charge in [-0.3, -0.25) is 5.32 Å². The van der Waals surface area contributed by atoms with E-state index in [9.17, 15) is 4.79 Å². The molecular weight excluding hydrogens is 439 g/mol. The van der Waals surface area contributed by atoms with Crippen LogP contribution in [-0.4, -0.2) is 48.4 Å². The molecule has 1 saturated carbocycles. The Kier molecular flexibility index (Phi) is 5.82. The predicted molar refractivity (Wildman–Crippen MR) is 129 cm³/mol. The lowest BCUT2D eigenvalue weighted by atomic mass is 9.97. The van der Waals surface area contributed by atoms with E-state index in [0.717, 1.165) is 30.5 Å². The first-order chi connectivity index (χ1) is 16.4. The molecule has 2 aliphatic rings. The van der Waals surface area contributed by atoms with Gasteiger partial charge in [-0.25, -0.2) is 19.2 Å². The molecule has 0 bridgehead atoms. The summed E-state index contributed by atoms with van der Waals surface area (Å²) in [5.41, 5.74) is 8.64. The molecule has 0 spiro atoms. The van der Waals surface area contributed by atoms with Gasteiger partial charge in [0, 0.05) is 48.6 Å². The number of urea groups is 1. The largest absolute Gasteiger partial charge is 0.474 e. The van der Waals surface area contributed by atoms with Crippen LogP contribution >= 0.6 is 0 Å². The van der Waals surface area contributed by atoms with Crippen molar-refractivity contribution in [1.82, 2.24) is 15.3 Å². The van der Waals surface area contributed by atoms with Gasteiger partial charge in [-0.15, -0.1) is 0 Å². The fourth-order valence-corrected chi connectivity index (χ4v) is 4.68. The van der Waals surface area contributed by atoms with E-state index >= 15 is 4.39 Å². The van der Waals surface area contributed by atoms with Crippen molar-refractivity contribution < 1.29 is 18.7 Å². The number of aromatic nitrogens is 2. The fraction of sp³-hybridized carbons (Fsp3) is 0.375. The van der Waals surface area contributed by atoms with Crippen molar-refractivity contribution in [1.29, 1.82) is 0 Å². The first kappa shape index (κ1) is 22.1. The molecule has 0 saturated heterocycles. The van der Waals surface area contributed by atoms with Crippen LogP contribution in [0.25, 0.3) is 21.9 Å². The minimum Gasteiger partial charge on any atom is -0.474 e. The number of benzene rings is 1. The summed E-state index contributed by atoms with van der Waals surface area (Å²) in [5.74, 6) is 0.310. The highest BCUT2D eigenvalue weighted by molar-refractivity contribution is 6.00. The zero-order valence-electron chi connectivity index (χ0n) is 19.1. The highest BCUT2D eigenvalue weighted by atomic mass is 19.1. The number of hydrogen-bond donors (Lipinski definition) is 4. The number of nitrogens with two attached hydrogens (primary N) is 1. The van der Waals surface area contributed by atoms with Gasteiger partial charge in [0.15, 0.2) is 5.82 Å². The number of nitrogens with zero attached hydrogens (tertiary/aromatic N) is 2. The summed E-state index contributed by atoms with van der Waals surface area (Å²) in [6.07, 6.45) is 5.79. The Morgan fingerprint density at radius 1 is 1.26 bits per heavy atom. The predicted octanol–water partition coefficient (Wildman–Crippen LogP) is 3.82. The molecule has 1 aliphatic heterocycles. The van der Waals surface area contributed by atoms with E-state index in [4.69, 9.17) is 15.2 Å². The normalized spacial score (nSPS) is 19.3. The van der Waals surface area contributed by atoms with Gasteiger partial charge in [-0.1, -0.05) is 0 Å². The van der Waals surface area contributed by atoms with Gasteiger partial charge in [0.05, 0.1) is 11.8 Å². The summed E-state index contributed by atoms with van der Waals surface area (Å²) in [6.45, 7) is 3.07. The Labute approximate surface area is 196 Å². The molecule has 0 radical (unpaired) electrons. The zero-order valence-corrected chi connectivity index (χ0v) is 19.1. The molecular formula is C24H27FN6O3. The van der Waals surface area contributed by atoms with Crippen molar-refractivity contribution in [2.45, 2.75) is 38.3 Å². The third-order valence-electron chi connectivity index (χ3n) is 6.53. The number of fused-ring (bicyclic) bond motifs is 2. The molecule has 10 heteroatoms. The maximum atomic E-state index is 15.3. The number of carbonyl (C=O) groups excluding carboxylic acids is 1. The van der Waals surface area contributed by atoms with Crippen LogP contribution in [0.2, 0.25) is 0 Å². The van der Waals surface area contributed by atoms with Gasteiger partial charge in [0.2, 0.25) is 5.88 Å². The molecule has 34 heavy (non-hydrogen) atoms. The Morgan fingerprint density at radius 2 is 2.12 bits per heavy atom. The molecule has 2 atom stereocenters. The topological polar surface area (TPSA) is 123 Å². The van der Waals surface area contributed by atoms with Gasteiger partial charge in [-0.05, 0) is 49.3 Å². The molecule has 1 fully saturated rings. The third kappa shape index (κ3) is 4.05. The van der Waals surface area contributed by atoms with E-state index in [0.29, 0.717) is 46.7 Å². The summed E-state index contributed by atoms with van der Waals surface area (Å²) >= 11 is 0. The fourth-order valence-electron chi connectivity index (χ4n) is 4.68. The number of nitrogen functional groups attached to an aromatic ring is 1. The Bertz CT molecular complexity index is 1270. The molecule has 178 valence electrons. The van der Waals surface area contributed by atoms with Crippen LogP contribution < -0.4 is 26.4 Å². The number of pyridine rings is 2. The smallest absolute Gasteiger partial charge is 0.320 e. The van der Waals surface area contributed by atoms with Crippen LogP contribution in [0.5, 0.6) is 5.88 Å². The van der Waals surface area contributed by atoms with Crippen molar-refractivity contribution in [3.8, 4) is 17.0 Å². The number of ether oxygens (including phenoxy) is 2. The van der Waals surface area contributed by atoms with E-state index < -0.39 is 5.82 Å². The Balaban J connectivity index is 1.44. The van der Waals surface area contributed by atoms with E-state index in [1.165, 1.54) is 6.20 Å². The van der Waals surface area contributed by atoms with Crippen molar-refractivity contribution >= 4 is 34.0 Å². The van der Waals surface area contributed by atoms with Gasteiger partial charge < -0.3 is 25.8 Å². The van der Waals surface area contributed by atoms with Crippen LogP contribution in [0.3, 0.4) is 0 Å². The van der Waals surface area contributed by atoms with Crippen molar-refractivity contribution in [3.63, 3.8) is 0 Å². The second-order valence-electron chi connectivity index (χ2n) is 8.66. The number of nitrogens with one attached hydrogen (secondary N) is 3. The van der Waals surface area contributed by atoms with Crippen LogP contribution in [0.1, 0.15) is 24.8 Å². The number of hydrogen-bond acceptors (Lipinski definition) is 7. The molecule has 3 aromatic rings. The average molecular weight is 467 g/mol. The zero-order chi connectivity index (χ0) is 23.8. The Hall–Kier alpha value is -3.66. The lowest BCUT2D eigenvalue weighted by Gasteiger charge is -2.22. The number of rotatable bonds is 4. The summed E-state index contributed by atoms with van der Waals surface area (Å²) in [5, 5.41) is 10.1. The molecule has 1 aromatic carbocycles. The van der Waals surface area contributed by atoms with E-state index in [2.05, 4.69) is 25.9 Å². The summed E-state index contributed by atoms with van der Waals surface area (Å²) in [7, 11) is 1.68. The number of methoxy groups -OCH3 is 1. The van der Waals surface area contributed by atoms with Gasteiger partial charge in [0.1, 0.15) is 18.1 Å². The first-order valence-corrected chi connectivity index (χ1v) is 11.3.